The third kappa shape index (κ3) is 5.95. The molecule has 0 aliphatic carbocycles. The van der Waals surface area contributed by atoms with Gasteiger partial charge >= 0.3 is 0 Å². The van der Waals surface area contributed by atoms with Gasteiger partial charge in [0.25, 0.3) is 11.8 Å². The number of nitrogens with zero attached hydrogens (tertiary/aromatic N) is 1. The van der Waals surface area contributed by atoms with Crippen LogP contribution in [0.5, 0.6) is 23.0 Å². The molecule has 1 heterocycles. The fraction of sp³-hybridized carbons (Fsp3) is 0.115. The summed E-state index contributed by atoms with van der Waals surface area (Å²) in [7, 11) is 3.10. The lowest BCUT2D eigenvalue weighted by atomic mass is 10.1. The summed E-state index contributed by atoms with van der Waals surface area (Å²) in [6.07, 6.45) is 3.01. The van der Waals surface area contributed by atoms with Gasteiger partial charge in [0, 0.05) is 5.56 Å². The van der Waals surface area contributed by atoms with E-state index in [1.54, 1.807) is 68.8 Å². The van der Waals surface area contributed by atoms with E-state index >= 15 is 0 Å². The van der Waals surface area contributed by atoms with Crippen LogP contribution in [0.2, 0.25) is 0 Å². The largest absolute Gasteiger partial charge is 0.493 e. The van der Waals surface area contributed by atoms with Gasteiger partial charge in [-0.15, -0.1) is 0 Å². The molecule has 9 nitrogen and oxygen atoms in total. The van der Waals surface area contributed by atoms with E-state index in [1.165, 1.54) is 12.3 Å². The van der Waals surface area contributed by atoms with Crippen LogP contribution < -0.4 is 29.7 Å². The Bertz CT molecular complexity index is 1340. The third-order valence-corrected chi connectivity index (χ3v) is 5.87. The van der Waals surface area contributed by atoms with Crippen molar-refractivity contribution in [1.82, 2.24) is 10.7 Å². The number of benzene rings is 3. The number of fused-ring (bicyclic) bond motifs is 1. The van der Waals surface area contributed by atoms with Crippen LogP contribution in [0.3, 0.4) is 0 Å². The van der Waals surface area contributed by atoms with Crippen LogP contribution in [-0.4, -0.2) is 39.0 Å². The number of hydrazone groups is 1. The summed E-state index contributed by atoms with van der Waals surface area (Å²) >= 11 is 2.12. The first kappa shape index (κ1) is 25.0. The Kier molecular flexibility index (Phi) is 8.06. The predicted octanol–water partition coefficient (Wildman–Crippen LogP) is 3.96. The SMILES string of the molecule is COc1cc(/C=N\NC(=O)/C(=C\c2ccc3c(c2)OCO3)NC(=O)c2ccccc2)cc(I)c1OC. The number of halogens is 1. The highest BCUT2D eigenvalue weighted by Gasteiger charge is 2.17. The zero-order chi connectivity index (χ0) is 25.5. The van der Waals surface area contributed by atoms with Crippen molar-refractivity contribution >= 4 is 46.7 Å². The van der Waals surface area contributed by atoms with Crippen LogP contribution in [0.4, 0.5) is 0 Å². The molecule has 0 unspecified atom stereocenters. The molecule has 0 saturated carbocycles. The second kappa shape index (κ2) is 11.6. The summed E-state index contributed by atoms with van der Waals surface area (Å²) < 4.78 is 22.3. The quantitative estimate of drug-likeness (QED) is 0.176. The number of rotatable bonds is 8. The molecule has 0 bridgehead atoms. The van der Waals surface area contributed by atoms with Crippen LogP contribution in [0.15, 0.2) is 71.5 Å². The smallest absolute Gasteiger partial charge is 0.287 e. The van der Waals surface area contributed by atoms with Gasteiger partial charge in [0.1, 0.15) is 5.70 Å². The minimum absolute atomic E-state index is 0.00163. The van der Waals surface area contributed by atoms with Gasteiger partial charge in [-0.25, -0.2) is 5.43 Å². The number of methoxy groups -OCH3 is 2. The van der Waals surface area contributed by atoms with Crippen molar-refractivity contribution in [1.29, 1.82) is 0 Å². The van der Waals surface area contributed by atoms with Crippen LogP contribution in [0, 0.1) is 3.57 Å². The lowest BCUT2D eigenvalue weighted by Gasteiger charge is -2.11. The Morgan fingerprint density at radius 1 is 0.972 bits per heavy atom. The van der Waals surface area contributed by atoms with Gasteiger partial charge in [0.15, 0.2) is 23.0 Å². The second-order valence-electron chi connectivity index (χ2n) is 7.43. The Labute approximate surface area is 221 Å². The maximum absolute atomic E-state index is 13.0. The highest BCUT2D eigenvalue weighted by atomic mass is 127. The Morgan fingerprint density at radius 3 is 2.50 bits per heavy atom. The lowest BCUT2D eigenvalue weighted by Crippen LogP contribution is -2.32. The number of carbonyl (C=O) groups is 2. The van der Waals surface area contributed by atoms with Gasteiger partial charge in [0.2, 0.25) is 6.79 Å². The van der Waals surface area contributed by atoms with E-state index < -0.39 is 11.8 Å². The first-order valence-corrected chi connectivity index (χ1v) is 11.8. The lowest BCUT2D eigenvalue weighted by molar-refractivity contribution is -0.117. The van der Waals surface area contributed by atoms with Gasteiger partial charge in [-0.2, -0.15) is 5.10 Å². The molecule has 3 aromatic carbocycles. The molecule has 184 valence electrons. The van der Waals surface area contributed by atoms with Gasteiger partial charge in [-0.05, 0) is 76.2 Å². The van der Waals surface area contributed by atoms with Crippen LogP contribution in [-0.2, 0) is 4.79 Å². The molecule has 1 aliphatic rings. The molecule has 2 amide bonds. The normalized spacial score (nSPS) is 12.4. The third-order valence-electron chi connectivity index (χ3n) is 5.07. The summed E-state index contributed by atoms with van der Waals surface area (Å²) in [5.74, 6) is 1.27. The summed E-state index contributed by atoms with van der Waals surface area (Å²) in [5, 5.41) is 6.72. The van der Waals surface area contributed by atoms with Crippen molar-refractivity contribution < 1.29 is 28.5 Å². The molecule has 0 radical (unpaired) electrons. The number of hydrogen-bond donors (Lipinski definition) is 2. The molecule has 2 N–H and O–H groups in total. The number of ether oxygens (including phenoxy) is 4. The number of amides is 2. The second-order valence-corrected chi connectivity index (χ2v) is 8.59. The van der Waals surface area contributed by atoms with E-state index in [9.17, 15) is 9.59 Å². The van der Waals surface area contributed by atoms with Gasteiger partial charge in [-0.3, -0.25) is 9.59 Å². The highest BCUT2D eigenvalue weighted by molar-refractivity contribution is 14.1. The van der Waals surface area contributed by atoms with Gasteiger partial charge in [0.05, 0.1) is 24.0 Å². The van der Waals surface area contributed by atoms with E-state index in [4.69, 9.17) is 18.9 Å². The molecular weight excluding hydrogens is 577 g/mol. The van der Waals surface area contributed by atoms with Crippen molar-refractivity contribution in [3.05, 3.63) is 86.6 Å². The van der Waals surface area contributed by atoms with Crippen molar-refractivity contribution in [2.45, 2.75) is 0 Å². The Morgan fingerprint density at radius 2 is 1.75 bits per heavy atom. The molecule has 10 heteroatoms. The fourth-order valence-electron chi connectivity index (χ4n) is 3.35. The maximum Gasteiger partial charge on any atom is 0.287 e. The topological polar surface area (TPSA) is 107 Å². The number of nitrogens with one attached hydrogen (secondary N) is 2. The predicted molar refractivity (Wildman–Crippen MR) is 142 cm³/mol. The van der Waals surface area contributed by atoms with Crippen molar-refractivity contribution in [3.63, 3.8) is 0 Å². The minimum atomic E-state index is -0.608. The van der Waals surface area contributed by atoms with E-state index in [1.807, 2.05) is 6.07 Å². The van der Waals surface area contributed by atoms with Crippen molar-refractivity contribution in [2.24, 2.45) is 5.10 Å². The molecule has 36 heavy (non-hydrogen) atoms. The van der Waals surface area contributed by atoms with Crippen LogP contribution >= 0.6 is 22.6 Å². The molecule has 0 spiro atoms. The summed E-state index contributed by atoms with van der Waals surface area (Å²) in [5.41, 5.74) is 4.19. The first-order chi connectivity index (χ1) is 17.5. The molecule has 1 aliphatic heterocycles. The maximum atomic E-state index is 13.0. The summed E-state index contributed by atoms with van der Waals surface area (Å²) in [6, 6.07) is 17.4. The molecular formula is C26H22IN3O6. The van der Waals surface area contributed by atoms with E-state index in [0.717, 1.165) is 3.57 Å². The van der Waals surface area contributed by atoms with Crippen molar-refractivity contribution in [2.75, 3.05) is 21.0 Å². The molecule has 0 fully saturated rings. The standard InChI is InChI=1S/C26H22IN3O6/c1-33-23-13-17(10-19(27)24(23)34-2)14-28-30-26(32)20(29-25(31)18-6-4-3-5-7-18)11-16-8-9-21-22(12-16)36-15-35-21/h3-14H,15H2,1-2H3,(H,29,31)(H,30,32)/b20-11+,28-14-. The molecule has 4 rings (SSSR count). The number of carbonyl (C=O) groups excluding carboxylic acids is 2. The highest BCUT2D eigenvalue weighted by Crippen LogP contribution is 2.34. The first-order valence-electron chi connectivity index (χ1n) is 10.7. The van der Waals surface area contributed by atoms with Crippen molar-refractivity contribution in [3.8, 4) is 23.0 Å². The molecule has 0 aromatic heterocycles. The van der Waals surface area contributed by atoms with E-state index in [-0.39, 0.29) is 12.5 Å². The van der Waals surface area contributed by atoms with E-state index in [2.05, 4.69) is 38.4 Å². The van der Waals surface area contributed by atoms with Gasteiger partial charge < -0.3 is 24.3 Å². The average Bonchev–Trinajstić information content (AvgIpc) is 3.36. The zero-order valence-corrected chi connectivity index (χ0v) is 21.6. The fourth-order valence-corrected chi connectivity index (χ4v) is 4.20. The average molecular weight is 599 g/mol. The monoisotopic (exact) mass is 599 g/mol. The summed E-state index contributed by atoms with van der Waals surface area (Å²) in [6.45, 7) is 0.129. The Balaban J connectivity index is 1.56. The van der Waals surface area contributed by atoms with E-state index in [0.29, 0.717) is 39.7 Å². The van der Waals surface area contributed by atoms with Crippen LogP contribution in [0.25, 0.3) is 6.08 Å². The van der Waals surface area contributed by atoms with Crippen LogP contribution in [0.1, 0.15) is 21.5 Å². The molecule has 3 aromatic rings. The zero-order valence-electron chi connectivity index (χ0n) is 19.4. The molecule has 0 atom stereocenters. The number of hydrogen-bond acceptors (Lipinski definition) is 7. The van der Waals surface area contributed by atoms with Gasteiger partial charge in [-0.1, -0.05) is 24.3 Å². The molecule has 0 saturated heterocycles. The minimum Gasteiger partial charge on any atom is -0.493 e. The Hall–Kier alpha value is -4.06. The summed E-state index contributed by atoms with van der Waals surface area (Å²) in [4.78, 5) is 25.8.